The first-order valence-corrected chi connectivity index (χ1v) is 8.53. The van der Waals surface area contributed by atoms with E-state index in [-0.39, 0.29) is 11.9 Å². The number of hydrogen-bond donors (Lipinski definition) is 2. The summed E-state index contributed by atoms with van der Waals surface area (Å²) in [6.45, 7) is 5.99. The van der Waals surface area contributed by atoms with Crippen molar-refractivity contribution >= 4 is 27.8 Å². The topological polar surface area (TPSA) is 71.2 Å². The van der Waals surface area contributed by atoms with Gasteiger partial charge in [0.25, 0.3) is 5.91 Å². The molecule has 2 N–H and O–H groups in total. The second kappa shape index (κ2) is 7.31. The standard InChI is InChI=1S/C16H23BrN2O3/c1-9-5-4-6-13(10(9)2)19-15(20)11(3)22-16(21)14-7-12(17)8-18-14/h7-11,13,18H,4-6H2,1-3H3,(H,19,20). The third-order valence-corrected chi connectivity index (χ3v) is 5.01. The Balaban J connectivity index is 1.88. The molecule has 1 heterocycles. The predicted molar refractivity (Wildman–Crippen MR) is 87.5 cm³/mol. The van der Waals surface area contributed by atoms with Gasteiger partial charge < -0.3 is 15.0 Å². The van der Waals surface area contributed by atoms with Crippen molar-refractivity contribution < 1.29 is 14.3 Å². The fourth-order valence-electron chi connectivity index (χ4n) is 2.85. The number of halogens is 1. The van der Waals surface area contributed by atoms with Gasteiger partial charge in [-0.3, -0.25) is 4.79 Å². The summed E-state index contributed by atoms with van der Waals surface area (Å²) >= 11 is 3.26. The lowest BCUT2D eigenvalue weighted by Gasteiger charge is -2.35. The van der Waals surface area contributed by atoms with Crippen LogP contribution in [0.5, 0.6) is 0 Å². The monoisotopic (exact) mass is 370 g/mol. The third kappa shape index (κ3) is 4.12. The molecule has 0 aromatic carbocycles. The summed E-state index contributed by atoms with van der Waals surface area (Å²) in [5, 5.41) is 3.03. The molecule has 0 saturated heterocycles. The average molecular weight is 371 g/mol. The minimum Gasteiger partial charge on any atom is -0.448 e. The van der Waals surface area contributed by atoms with E-state index >= 15 is 0 Å². The van der Waals surface area contributed by atoms with Gasteiger partial charge in [0.2, 0.25) is 0 Å². The van der Waals surface area contributed by atoms with Gasteiger partial charge >= 0.3 is 5.97 Å². The van der Waals surface area contributed by atoms with Gasteiger partial charge in [-0.25, -0.2) is 4.79 Å². The molecule has 0 bridgehead atoms. The van der Waals surface area contributed by atoms with E-state index in [4.69, 9.17) is 4.74 Å². The van der Waals surface area contributed by atoms with Crippen LogP contribution in [0.4, 0.5) is 0 Å². The van der Waals surface area contributed by atoms with E-state index in [0.29, 0.717) is 17.5 Å². The van der Waals surface area contributed by atoms with Crippen LogP contribution in [0.1, 0.15) is 50.5 Å². The van der Waals surface area contributed by atoms with Crippen molar-refractivity contribution in [1.82, 2.24) is 10.3 Å². The molecule has 1 amide bonds. The second-order valence-corrected chi connectivity index (χ2v) is 7.08. The zero-order valence-corrected chi connectivity index (χ0v) is 14.8. The summed E-state index contributed by atoms with van der Waals surface area (Å²) in [5.74, 6) is 0.288. The molecule has 1 aromatic rings. The van der Waals surface area contributed by atoms with Crippen molar-refractivity contribution in [3.8, 4) is 0 Å². The Bertz CT molecular complexity index is 543. The summed E-state index contributed by atoms with van der Waals surface area (Å²) in [7, 11) is 0. The molecule has 1 aliphatic rings. The molecule has 1 aromatic heterocycles. The number of nitrogens with one attached hydrogen (secondary N) is 2. The Kier molecular flexibility index (Phi) is 5.67. The van der Waals surface area contributed by atoms with Crippen LogP contribution in [0.2, 0.25) is 0 Å². The number of esters is 1. The Morgan fingerprint density at radius 1 is 1.41 bits per heavy atom. The van der Waals surface area contributed by atoms with E-state index in [1.165, 1.54) is 6.42 Å². The van der Waals surface area contributed by atoms with E-state index in [1.807, 2.05) is 0 Å². The number of aromatic amines is 1. The molecule has 1 saturated carbocycles. The van der Waals surface area contributed by atoms with Gasteiger partial charge in [0.1, 0.15) is 5.69 Å². The molecule has 4 atom stereocenters. The van der Waals surface area contributed by atoms with Gasteiger partial charge in [0.05, 0.1) is 0 Å². The summed E-state index contributed by atoms with van der Waals surface area (Å²) in [6.07, 6.45) is 4.16. The minimum atomic E-state index is -0.806. The van der Waals surface area contributed by atoms with Crippen LogP contribution in [0, 0.1) is 11.8 Å². The molecular formula is C16H23BrN2O3. The molecule has 122 valence electrons. The third-order valence-electron chi connectivity index (χ3n) is 4.56. The highest BCUT2D eigenvalue weighted by Crippen LogP contribution is 2.29. The molecule has 0 aliphatic heterocycles. The minimum absolute atomic E-state index is 0.164. The van der Waals surface area contributed by atoms with Crippen molar-refractivity contribution in [3.05, 3.63) is 22.4 Å². The molecule has 1 aliphatic carbocycles. The fraction of sp³-hybridized carbons (Fsp3) is 0.625. The number of H-pyrrole nitrogens is 1. The van der Waals surface area contributed by atoms with Crippen LogP contribution in [-0.4, -0.2) is 29.0 Å². The summed E-state index contributed by atoms with van der Waals surface area (Å²) in [6, 6.07) is 1.79. The van der Waals surface area contributed by atoms with E-state index in [9.17, 15) is 9.59 Å². The molecule has 6 heteroatoms. The van der Waals surface area contributed by atoms with Crippen molar-refractivity contribution in [1.29, 1.82) is 0 Å². The molecule has 0 radical (unpaired) electrons. The molecule has 22 heavy (non-hydrogen) atoms. The number of hydrogen-bond acceptors (Lipinski definition) is 3. The largest absolute Gasteiger partial charge is 0.448 e. The van der Waals surface area contributed by atoms with Gasteiger partial charge in [-0.05, 0) is 47.2 Å². The van der Waals surface area contributed by atoms with Crippen molar-refractivity contribution in [2.75, 3.05) is 0 Å². The van der Waals surface area contributed by atoms with Crippen LogP contribution < -0.4 is 5.32 Å². The van der Waals surface area contributed by atoms with E-state index < -0.39 is 12.1 Å². The van der Waals surface area contributed by atoms with Crippen LogP contribution in [0.3, 0.4) is 0 Å². The molecule has 4 unspecified atom stereocenters. The van der Waals surface area contributed by atoms with Gasteiger partial charge in [-0.1, -0.05) is 26.7 Å². The maximum Gasteiger partial charge on any atom is 0.355 e. The number of carbonyl (C=O) groups is 2. The van der Waals surface area contributed by atoms with Gasteiger partial charge in [0, 0.05) is 16.7 Å². The lowest BCUT2D eigenvalue weighted by molar-refractivity contribution is -0.130. The van der Waals surface area contributed by atoms with Crippen molar-refractivity contribution in [2.45, 2.75) is 52.2 Å². The van der Waals surface area contributed by atoms with Gasteiger partial charge in [-0.15, -0.1) is 0 Å². The maximum absolute atomic E-state index is 12.2. The quantitative estimate of drug-likeness (QED) is 0.798. The average Bonchev–Trinajstić information content (AvgIpc) is 2.90. The van der Waals surface area contributed by atoms with Crippen molar-refractivity contribution in [3.63, 3.8) is 0 Å². The Morgan fingerprint density at radius 3 is 2.77 bits per heavy atom. The van der Waals surface area contributed by atoms with Crippen molar-refractivity contribution in [2.24, 2.45) is 11.8 Å². The van der Waals surface area contributed by atoms with E-state index in [1.54, 1.807) is 19.2 Å². The van der Waals surface area contributed by atoms with Crippen LogP contribution in [0.25, 0.3) is 0 Å². The maximum atomic E-state index is 12.2. The van der Waals surface area contributed by atoms with Crippen LogP contribution in [0.15, 0.2) is 16.7 Å². The Labute approximate surface area is 139 Å². The lowest BCUT2D eigenvalue weighted by Crippen LogP contribution is -2.47. The van der Waals surface area contributed by atoms with E-state index in [2.05, 4.69) is 40.1 Å². The zero-order chi connectivity index (χ0) is 16.3. The first-order chi connectivity index (χ1) is 10.4. The zero-order valence-electron chi connectivity index (χ0n) is 13.2. The highest BCUT2D eigenvalue weighted by atomic mass is 79.9. The number of rotatable bonds is 4. The molecule has 0 spiro atoms. The first-order valence-electron chi connectivity index (χ1n) is 7.73. The summed E-state index contributed by atoms with van der Waals surface area (Å²) < 4.78 is 5.98. The highest BCUT2D eigenvalue weighted by Gasteiger charge is 2.30. The fourth-order valence-corrected chi connectivity index (χ4v) is 3.19. The molecule has 1 fully saturated rings. The van der Waals surface area contributed by atoms with Crippen LogP contribution >= 0.6 is 15.9 Å². The first kappa shape index (κ1) is 17.1. The molecular weight excluding hydrogens is 348 g/mol. The Hall–Kier alpha value is -1.30. The molecule has 2 rings (SSSR count). The number of carbonyl (C=O) groups excluding carboxylic acids is 2. The SMILES string of the molecule is CC(OC(=O)c1cc(Br)c[nH]1)C(=O)NC1CCCC(C)C1C. The highest BCUT2D eigenvalue weighted by molar-refractivity contribution is 9.10. The smallest absolute Gasteiger partial charge is 0.355 e. The van der Waals surface area contributed by atoms with Gasteiger partial charge in [-0.2, -0.15) is 0 Å². The molecule has 5 nitrogen and oxygen atoms in total. The normalized spacial score (nSPS) is 26.3. The number of aromatic nitrogens is 1. The van der Waals surface area contributed by atoms with E-state index in [0.717, 1.165) is 17.3 Å². The summed E-state index contributed by atoms with van der Waals surface area (Å²) in [4.78, 5) is 26.9. The summed E-state index contributed by atoms with van der Waals surface area (Å²) in [5.41, 5.74) is 0.325. The predicted octanol–water partition coefficient (Wildman–Crippen LogP) is 3.26. The Morgan fingerprint density at radius 2 is 2.14 bits per heavy atom. The number of amides is 1. The van der Waals surface area contributed by atoms with Gasteiger partial charge in [0.15, 0.2) is 6.10 Å². The lowest BCUT2D eigenvalue weighted by atomic mass is 9.78. The van der Waals surface area contributed by atoms with Crippen LogP contribution in [-0.2, 0) is 9.53 Å². The number of ether oxygens (including phenoxy) is 1. The second-order valence-electron chi connectivity index (χ2n) is 6.16.